The van der Waals surface area contributed by atoms with Crippen molar-refractivity contribution in [3.8, 4) is 17.2 Å². The van der Waals surface area contributed by atoms with E-state index in [1.807, 2.05) is 6.07 Å². The van der Waals surface area contributed by atoms with Gasteiger partial charge in [-0.25, -0.2) is 19.3 Å². The lowest BCUT2D eigenvalue weighted by atomic mass is 10.1. The summed E-state index contributed by atoms with van der Waals surface area (Å²) < 4.78 is 13.4. The average Bonchev–Trinajstić information content (AvgIpc) is 2.77. The second-order valence-electron chi connectivity index (χ2n) is 6.93. The summed E-state index contributed by atoms with van der Waals surface area (Å²) in [6, 6.07) is 11.6. The van der Waals surface area contributed by atoms with Crippen LogP contribution in [0.1, 0.15) is 11.6 Å². The maximum atomic E-state index is 13.4. The molecule has 0 amide bonds. The van der Waals surface area contributed by atoms with Crippen molar-refractivity contribution in [3.05, 3.63) is 65.5 Å². The molecule has 1 aliphatic heterocycles. The summed E-state index contributed by atoms with van der Waals surface area (Å²) in [6.45, 7) is 2.63. The molecule has 1 aromatic carbocycles. The number of hydrogen-bond acceptors (Lipinski definition) is 7. The Morgan fingerprint density at radius 2 is 1.77 bits per heavy atom. The van der Waals surface area contributed by atoms with Gasteiger partial charge in [-0.1, -0.05) is 29.8 Å². The van der Waals surface area contributed by atoms with Crippen molar-refractivity contribution in [2.24, 2.45) is 0 Å². The van der Waals surface area contributed by atoms with Gasteiger partial charge in [-0.05, 0) is 23.8 Å². The number of piperazine rings is 1. The van der Waals surface area contributed by atoms with Crippen molar-refractivity contribution >= 4 is 23.2 Å². The average molecular weight is 424 g/mol. The molecule has 4 rings (SSSR count). The Hall–Kier alpha value is -3.28. The number of nitrogens with zero attached hydrogens (tertiary/aromatic N) is 6. The van der Waals surface area contributed by atoms with E-state index in [9.17, 15) is 9.65 Å². The highest BCUT2D eigenvalue weighted by molar-refractivity contribution is 6.29. The van der Waals surface area contributed by atoms with Gasteiger partial charge in [0.2, 0.25) is 0 Å². The summed E-state index contributed by atoms with van der Waals surface area (Å²) in [7, 11) is 0. The molecule has 2 aromatic heterocycles. The Labute approximate surface area is 178 Å². The van der Waals surface area contributed by atoms with E-state index in [0.717, 1.165) is 11.1 Å². The Kier molecular flexibility index (Phi) is 5.74. The summed E-state index contributed by atoms with van der Waals surface area (Å²) in [6.07, 6.45) is 3.07. The van der Waals surface area contributed by atoms with Gasteiger partial charge in [0.1, 0.15) is 35.0 Å². The van der Waals surface area contributed by atoms with Gasteiger partial charge < -0.3 is 10.6 Å². The van der Waals surface area contributed by atoms with Crippen molar-refractivity contribution in [1.29, 1.82) is 5.26 Å². The fraction of sp³-hybridized carbons (Fsp3) is 0.238. The van der Waals surface area contributed by atoms with Crippen LogP contribution in [-0.4, -0.2) is 46.0 Å². The standard InChI is InChI=1S/C21H19ClFN7/c22-18-6-3-15(12-26-18)17(11-24)29-7-9-30(10-8-29)21-19(20(25)27-13-28-21)14-1-4-16(23)5-2-14/h1-6,12-13,17H,7-10H2,(H2,25,27,28). The molecule has 1 aliphatic rings. The summed E-state index contributed by atoms with van der Waals surface area (Å²) in [5.74, 6) is 0.732. The molecule has 30 heavy (non-hydrogen) atoms. The summed E-state index contributed by atoms with van der Waals surface area (Å²) >= 11 is 5.86. The molecule has 0 bridgehead atoms. The summed E-state index contributed by atoms with van der Waals surface area (Å²) in [4.78, 5) is 16.9. The number of pyridine rings is 1. The fourth-order valence-corrected chi connectivity index (χ4v) is 3.74. The van der Waals surface area contributed by atoms with E-state index >= 15 is 0 Å². The van der Waals surface area contributed by atoms with Gasteiger partial charge >= 0.3 is 0 Å². The van der Waals surface area contributed by atoms with E-state index in [1.165, 1.54) is 18.5 Å². The van der Waals surface area contributed by atoms with Crippen LogP contribution in [-0.2, 0) is 0 Å². The number of nitriles is 1. The quantitative estimate of drug-likeness (QED) is 0.643. The number of hydrogen-bond donors (Lipinski definition) is 1. The minimum atomic E-state index is -0.399. The number of nitrogen functional groups attached to an aromatic ring is 1. The highest BCUT2D eigenvalue weighted by Gasteiger charge is 2.27. The van der Waals surface area contributed by atoms with Crippen molar-refractivity contribution in [3.63, 3.8) is 0 Å². The van der Waals surface area contributed by atoms with E-state index in [4.69, 9.17) is 17.3 Å². The highest BCUT2D eigenvalue weighted by atomic mass is 35.5. The summed E-state index contributed by atoms with van der Waals surface area (Å²) in [5.41, 5.74) is 8.40. The number of anilines is 2. The second kappa shape index (κ2) is 8.61. The minimum Gasteiger partial charge on any atom is -0.383 e. The highest BCUT2D eigenvalue weighted by Crippen LogP contribution is 2.34. The van der Waals surface area contributed by atoms with E-state index < -0.39 is 6.04 Å². The smallest absolute Gasteiger partial charge is 0.142 e. The molecule has 1 saturated heterocycles. The van der Waals surface area contributed by atoms with Crippen LogP contribution >= 0.6 is 11.6 Å². The predicted molar refractivity (Wildman–Crippen MR) is 113 cm³/mol. The van der Waals surface area contributed by atoms with Crippen LogP contribution in [0.3, 0.4) is 0 Å². The van der Waals surface area contributed by atoms with Crippen LogP contribution in [0, 0.1) is 17.1 Å². The molecular weight excluding hydrogens is 405 g/mol. The number of aromatic nitrogens is 3. The zero-order valence-corrected chi connectivity index (χ0v) is 16.8. The molecule has 1 atom stereocenters. The van der Waals surface area contributed by atoms with Gasteiger partial charge in [0, 0.05) is 37.9 Å². The number of benzene rings is 1. The number of halogens is 2. The van der Waals surface area contributed by atoms with Crippen molar-refractivity contribution < 1.29 is 4.39 Å². The number of nitrogens with two attached hydrogens (primary N) is 1. The van der Waals surface area contributed by atoms with E-state index in [2.05, 4.69) is 30.8 Å². The van der Waals surface area contributed by atoms with Crippen molar-refractivity contribution in [2.45, 2.75) is 6.04 Å². The first kappa shape index (κ1) is 20.0. The lowest BCUT2D eigenvalue weighted by Gasteiger charge is -2.38. The largest absolute Gasteiger partial charge is 0.383 e. The molecule has 3 aromatic rings. The van der Waals surface area contributed by atoms with Gasteiger partial charge in [0.25, 0.3) is 0 Å². The third kappa shape index (κ3) is 4.03. The molecule has 1 fully saturated rings. The van der Waals surface area contributed by atoms with Gasteiger partial charge in [0.15, 0.2) is 0 Å². The lowest BCUT2D eigenvalue weighted by Crippen LogP contribution is -2.48. The Balaban J connectivity index is 1.55. The van der Waals surface area contributed by atoms with Crippen LogP contribution in [0.5, 0.6) is 0 Å². The Morgan fingerprint density at radius 1 is 1.03 bits per heavy atom. The third-order valence-corrected chi connectivity index (χ3v) is 5.38. The van der Waals surface area contributed by atoms with Gasteiger partial charge in [0.05, 0.1) is 11.6 Å². The SMILES string of the molecule is N#CC(c1ccc(Cl)nc1)N1CCN(c2ncnc(N)c2-c2ccc(F)cc2)CC1. The molecule has 7 nitrogen and oxygen atoms in total. The lowest BCUT2D eigenvalue weighted by molar-refractivity contribution is 0.221. The predicted octanol–water partition coefficient (Wildman–Crippen LogP) is 3.30. The van der Waals surface area contributed by atoms with Crippen LogP contribution < -0.4 is 10.6 Å². The topological polar surface area (TPSA) is 95.0 Å². The molecule has 0 aliphatic carbocycles. The molecule has 152 valence electrons. The first-order valence-corrected chi connectivity index (χ1v) is 9.81. The monoisotopic (exact) mass is 423 g/mol. The molecule has 0 spiro atoms. The third-order valence-electron chi connectivity index (χ3n) is 5.16. The number of rotatable bonds is 4. The van der Waals surface area contributed by atoms with Gasteiger partial charge in [-0.3, -0.25) is 4.90 Å². The maximum absolute atomic E-state index is 13.4. The molecule has 2 N–H and O–H groups in total. The van der Waals surface area contributed by atoms with E-state index in [-0.39, 0.29) is 5.82 Å². The van der Waals surface area contributed by atoms with E-state index in [0.29, 0.717) is 48.5 Å². The normalized spacial score (nSPS) is 15.6. The van der Waals surface area contributed by atoms with Crippen LogP contribution in [0.25, 0.3) is 11.1 Å². The maximum Gasteiger partial charge on any atom is 0.142 e. The minimum absolute atomic E-state index is 0.316. The van der Waals surface area contributed by atoms with Crippen LogP contribution in [0.2, 0.25) is 5.15 Å². The molecule has 3 heterocycles. The molecular formula is C21H19ClFN7. The Bertz CT molecular complexity index is 1060. The zero-order chi connectivity index (χ0) is 21.1. The van der Waals surface area contributed by atoms with Crippen LogP contribution in [0.15, 0.2) is 48.9 Å². The second-order valence-corrected chi connectivity index (χ2v) is 7.32. The van der Waals surface area contributed by atoms with Crippen molar-refractivity contribution in [2.75, 3.05) is 36.8 Å². The van der Waals surface area contributed by atoms with Gasteiger partial charge in [-0.15, -0.1) is 0 Å². The Morgan fingerprint density at radius 3 is 2.40 bits per heavy atom. The van der Waals surface area contributed by atoms with Crippen LogP contribution in [0.4, 0.5) is 16.0 Å². The fourth-order valence-electron chi connectivity index (χ4n) is 3.63. The molecule has 0 saturated carbocycles. The summed E-state index contributed by atoms with van der Waals surface area (Å²) in [5, 5.41) is 10.1. The van der Waals surface area contributed by atoms with Crippen molar-refractivity contribution in [1.82, 2.24) is 19.9 Å². The molecule has 1 unspecified atom stereocenters. The zero-order valence-electron chi connectivity index (χ0n) is 16.0. The van der Waals surface area contributed by atoms with Gasteiger partial charge in [-0.2, -0.15) is 5.26 Å². The van der Waals surface area contributed by atoms with E-state index in [1.54, 1.807) is 24.4 Å². The first-order valence-electron chi connectivity index (χ1n) is 9.43. The molecule has 9 heteroatoms. The molecule has 0 radical (unpaired) electrons. The first-order chi connectivity index (χ1) is 14.6.